The molecule has 0 radical (unpaired) electrons. The summed E-state index contributed by atoms with van der Waals surface area (Å²) >= 11 is 0. The molecule has 0 unspecified atom stereocenters. The van der Waals surface area contributed by atoms with E-state index in [1.165, 1.54) is 0 Å². The van der Waals surface area contributed by atoms with E-state index < -0.39 is 0 Å². The minimum absolute atomic E-state index is 0.000491. The number of aryl methyl sites for hydroxylation is 2. The zero-order valence-electron chi connectivity index (χ0n) is 16.4. The Bertz CT molecular complexity index is 860. The number of carbonyl (C=O) groups is 1. The smallest absolute Gasteiger partial charge is 0.272 e. The number of nitro benzene ring substituents is 1. The van der Waals surface area contributed by atoms with Crippen molar-refractivity contribution in [2.45, 2.75) is 20.3 Å². The first-order valence-corrected chi connectivity index (χ1v) is 9.58. The lowest BCUT2D eigenvalue weighted by atomic mass is 10.1. The number of para-hydroxylation sites is 1. The summed E-state index contributed by atoms with van der Waals surface area (Å²) in [4.78, 5) is 27.4. The Morgan fingerprint density at radius 2 is 1.86 bits per heavy atom. The number of hydrogen-bond donors (Lipinski definition) is 1. The van der Waals surface area contributed by atoms with Crippen LogP contribution < -0.4 is 10.2 Å². The lowest BCUT2D eigenvalue weighted by molar-refractivity contribution is -0.385. The Balaban J connectivity index is 1.53. The summed E-state index contributed by atoms with van der Waals surface area (Å²) in [5.74, 6) is 0.000491. The molecule has 0 atom stereocenters. The number of rotatable bonds is 6. The number of anilines is 2. The molecule has 0 aliphatic carbocycles. The quantitative estimate of drug-likeness (QED) is 0.613. The van der Waals surface area contributed by atoms with Crippen LogP contribution in [0.15, 0.2) is 42.5 Å². The van der Waals surface area contributed by atoms with Gasteiger partial charge in [0.05, 0.1) is 11.5 Å². The summed E-state index contributed by atoms with van der Waals surface area (Å²) in [6, 6.07) is 13.1. The van der Waals surface area contributed by atoms with Crippen molar-refractivity contribution in [3.63, 3.8) is 0 Å². The third-order valence-electron chi connectivity index (χ3n) is 5.15. The van der Waals surface area contributed by atoms with Crippen LogP contribution in [0.25, 0.3) is 0 Å². The van der Waals surface area contributed by atoms with Crippen LogP contribution in [-0.4, -0.2) is 48.5 Å². The number of piperazine rings is 1. The highest BCUT2D eigenvalue weighted by Crippen LogP contribution is 2.25. The minimum Gasteiger partial charge on any atom is -0.369 e. The summed E-state index contributed by atoms with van der Waals surface area (Å²) < 4.78 is 0. The van der Waals surface area contributed by atoms with Crippen molar-refractivity contribution in [2.24, 2.45) is 0 Å². The van der Waals surface area contributed by atoms with E-state index in [1.807, 2.05) is 30.3 Å². The van der Waals surface area contributed by atoms with E-state index in [2.05, 4.69) is 22.0 Å². The van der Waals surface area contributed by atoms with Crippen molar-refractivity contribution in [2.75, 3.05) is 42.9 Å². The lowest BCUT2D eigenvalue weighted by Crippen LogP contribution is -2.48. The van der Waals surface area contributed by atoms with Gasteiger partial charge in [-0.05, 0) is 37.1 Å². The monoisotopic (exact) mass is 382 g/mol. The van der Waals surface area contributed by atoms with Crippen molar-refractivity contribution < 1.29 is 9.72 Å². The largest absolute Gasteiger partial charge is 0.369 e. The van der Waals surface area contributed by atoms with Gasteiger partial charge < -0.3 is 10.2 Å². The molecule has 1 aliphatic rings. The Hall–Kier alpha value is -2.93. The second kappa shape index (κ2) is 8.84. The molecule has 28 heavy (non-hydrogen) atoms. The van der Waals surface area contributed by atoms with E-state index in [0.29, 0.717) is 12.1 Å². The van der Waals surface area contributed by atoms with Gasteiger partial charge in [-0.1, -0.05) is 25.1 Å². The Morgan fingerprint density at radius 1 is 1.14 bits per heavy atom. The number of nitrogens with zero attached hydrogens (tertiary/aromatic N) is 3. The number of carbonyl (C=O) groups excluding carboxylic acids is 1. The lowest BCUT2D eigenvalue weighted by Gasteiger charge is -2.35. The fourth-order valence-electron chi connectivity index (χ4n) is 3.55. The molecule has 148 valence electrons. The Labute approximate surface area is 165 Å². The SMILES string of the molecule is CCc1ccccc1NC(=O)CN1CCN(c2ccc([N+](=O)[O-])c(C)c2)CC1. The van der Waals surface area contributed by atoms with Crippen LogP contribution in [0.3, 0.4) is 0 Å². The van der Waals surface area contributed by atoms with E-state index in [0.717, 1.165) is 49.5 Å². The van der Waals surface area contributed by atoms with E-state index in [1.54, 1.807) is 19.1 Å². The zero-order chi connectivity index (χ0) is 20.1. The fraction of sp³-hybridized carbons (Fsp3) is 0.381. The van der Waals surface area contributed by atoms with Gasteiger partial charge in [-0.2, -0.15) is 0 Å². The first kappa shape index (κ1) is 19.8. The topological polar surface area (TPSA) is 78.7 Å². The summed E-state index contributed by atoms with van der Waals surface area (Å²) in [5.41, 5.74) is 3.82. The van der Waals surface area contributed by atoms with Crippen molar-refractivity contribution >= 4 is 23.0 Å². The van der Waals surface area contributed by atoms with Gasteiger partial charge in [0.25, 0.3) is 5.69 Å². The van der Waals surface area contributed by atoms with E-state index in [9.17, 15) is 14.9 Å². The number of amides is 1. The summed E-state index contributed by atoms with van der Waals surface area (Å²) in [6.07, 6.45) is 0.879. The molecular formula is C21H26N4O3. The highest BCUT2D eigenvalue weighted by molar-refractivity contribution is 5.93. The average Bonchev–Trinajstić information content (AvgIpc) is 2.68. The highest BCUT2D eigenvalue weighted by atomic mass is 16.6. The van der Waals surface area contributed by atoms with Gasteiger partial charge in [-0.3, -0.25) is 19.8 Å². The number of nitro groups is 1. The summed E-state index contributed by atoms with van der Waals surface area (Å²) in [5, 5.41) is 14.0. The molecule has 0 spiro atoms. The Morgan fingerprint density at radius 3 is 2.50 bits per heavy atom. The predicted octanol–water partition coefficient (Wildman–Crippen LogP) is 3.23. The molecule has 2 aromatic rings. The van der Waals surface area contributed by atoms with E-state index in [-0.39, 0.29) is 16.5 Å². The van der Waals surface area contributed by atoms with Crippen molar-refractivity contribution in [3.8, 4) is 0 Å². The van der Waals surface area contributed by atoms with Crippen molar-refractivity contribution in [1.82, 2.24) is 4.90 Å². The number of hydrogen-bond acceptors (Lipinski definition) is 5. The van der Waals surface area contributed by atoms with Gasteiger partial charge in [-0.15, -0.1) is 0 Å². The summed E-state index contributed by atoms with van der Waals surface area (Å²) in [6.45, 7) is 7.33. The molecular weight excluding hydrogens is 356 g/mol. The fourth-order valence-corrected chi connectivity index (χ4v) is 3.55. The molecule has 2 aromatic carbocycles. The molecule has 0 aromatic heterocycles. The molecule has 1 heterocycles. The normalized spacial score (nSPS) is 14.7. The number of nitrogens with one attached hydrogen (secondary N) is 1. The first-order valence-electron chi connectivity index (χ1n) is 9.58. The van der Waals surface area contributed by atoms with Gasteiger partial charge >= 0.3 is 0 Å². The molecule has 1 aliphatic heterocycles. The van der Waals surface area contributed by atoms with Crippen molar-refractivity contribution in [3.05, 3.63) is 63.7 Å². The van der Waals surface area contributed by atoms with Crippen LogP contribution in [0.2, 0.25) is 0 Å². The third kappa shape index (κ3) is 4.67. The maximum atomic E-state index is 12.4. The summed E-state index contributed by atoms with van der Waals surface area (Å²) in [7, 11) is 0. The van der Waals surface area contributed by atoms with Crippen LogP contribution >= 0.6 is 0 Å². The van der Waals surface area contributed by atoms with Crippen molar-refractivity contribution in [1.29, 1.82) is 0 Å². The van der Waals surface area contributed by atoms with Gasteiger partial charge in [0, 0.05) is 49.2 Å². The molecule has 7 heteroatoms. The average molecular weight is 382 g/mol. The van der Waals surface area contributed by atoms with Gasteiger partial charge in [-0.25, -0.2) is 0 Å². The minimum atomic E-state index is -0.355. The molecule has 3 rings (SSSR count). The zero-order valence-corrected chi connectivity index (χ0v) is 16.4. The van der Waals surface area contributed by atoms with Gasteiger partial charge in [0.2, 0.25) is 5.91 Å². The van der Waals surface area contributed by atoms with Crippen LogP contribution in [-0.2, 0) is 11.2 Å². The molecule has 1 saturated heterocycles. The number of benzene rings is 2. The van der Waals surface area contributed by atoms with E-state index >= 15 is 0 Å². The molecule has 7 nitrogen and oxygen atoms in total. The first-order chi connectivity index (χ1) is 13.5. The van der Waals surface area contributed by atoms with Gasteiger partial charge in [0.1, 0.15) is 0 Å². The predicted molar refractivity (Wildman–Crippen MR) is 111 cm³/mol. The van der Waals surface area contributed by atoms with Crippen LogP contribution in [0.1, 0.15) is 18.1 Å². The van der Waals surface area contributed by atoms with Crippen LogP contribution in [0.5, 0.6) is 0 Å². The standard InChI is InChI=1S/C21H26N4O3/c1-3-17-6-4-5-7-19(17)22-21(26)15-23-10-12-24(13-11-23)18-8-9-20(25(27)28)16(2)14-18/h4-9,14H,3,10-13,15H2,1-2H3,(H,22,26). The maximum Gasteiger partial charge on any atom is 0.272 e. The molecule has 0 bridgehead atoms. The molecule has 1 amide bonds. The highest BCUT2D eigenvalue weighted by Gasteiger charge is 2.21. The molecule has 1 fully saturated rings. The van der Waals surface area contributed by atoms with E-state index in [4.69, 9.17) is 0 Å². The van der Waals surface area contributed by atoms with Crippen LogP contribution in [0.4, 0.5) is 17.1 Å². The second-order valence-electron chi connectivity index (χ2n) is 7.05. The second-order valence-corrected chi connectivity index (χ2v) is 7.05. The van der Waals surface area contributed by atoms with Crippen LogP contribution in [0, 0.1) is 17.0 Å². The maximum absolute atomic E-state index is 12.4. The molecule has 1 N–H and O–H groups in total. The molecule has 0 saturated carbocycles. The van der Waals surface area contributed by atoms with Gasteiger partial charge in [0.15, 0.2) is 0 Å². The Kier molecular flexibility index (Phi) is 6.26. The third-order valence-corrected chi connectivity index (χ3v) is 5.15.